The minimum absolute atomic E-state index is 0.166. The first-order valence-corrected chi connectivity index (χ1v) is 12.1. The van der Waals surface area contributed by atoms with E-state index in [4.69, 9.17) is 4.74 Å². The second kappa shape index (κ2) is 14.2. The molecule has 1 N–H and O–H groups in total. The first kappa shape index (κ1) is 23.5. The van der Waals surface area contributed by atoms with Crippen LogP contribution in [0.5, 0.6) is 0 Å². The Morgan fingerprint density at radius 2 is 1.69 bits per heavy atom. The lowest BCUT2D eigenvalue weighted by Crippen LogP contribution is -2.07. The molecule has 0 unspecified atom stereocenters. The van der Waals surface area contributed by atoms with E-state index in [0.29, 0.717) is 13.0 Å². The number of ether oxygens (including phenoxy) is 1. The zero-order valence-electron chi connectivity index (χ0n) is 18.2. The van der Waals surface area contributed by atoms with E-state index in [2.05, 4.69) is 23.7 Å². The van der Waals surface area contributed by atoms with Gasteiger partial charge < -0.3 is 10.1 Å². The zero-order chi connectivity index (χ0) is 20.7. The smallest absolute Gasteiger partial charge is 0.310 e. The van der Waals surface area contributed by atoms with Gasteiger partial charge >= 0.3 is 5.97 Å². The summed E-state index contributed by atoms with van der Waals surface area (Å²) in [4.78, 5) is 13.1. The molecule has 0 saturated carbocycles. The highest BCUT2D eigenvalue weighted by Crippen LogP contribution is 2.21. The van der Waals surface area contributed by atoms with Crippen LogP contribution in [0.2, 0.25) is 0 Å². The molecule has 0 atom stereocenters. The summed E-state index contributed by atoms with van der Waals surface area (Å²) in [7, 11) is 0. The van der Waals surface area contributed by atoms with Gasteiger partial charge in [0.15, 0.2) is 0 Å². The summed E-state index contributed by atoms with van der Waals surface area (Å²) in [6.07, 6.45) is 12.0. The molecule has 0 saturated heterocycles. The minimum atomic E-state index is -0.166. The van der Waals surface area contributed by atoms with Crippen molar-refractivity contribution in [1.29, 1.82) is 0 Å². The topological polar surface area (TPSA) is 38.3 Å². The number of thiophene rings is 1. The number of esters is 1. The third kappa shape index (κ3) is 9.49. The van der Waals surface area contributed by atoms with E-state index in [-0.39, 0.29) is 5.97 Å². The lowest BCUT2D eigenvalue weighted by atomic mass is 10.0. The van der Waals surface area contributed by atoms with E-state index in [0.717, 1.165) is 30.6 Å². The van der Waals surface area contributed by atoms with Gasteiger partial charge in [-0.15, -0.1) is 11.3 Å². The van der Waals surface area contributed by atoms with Crippen LogP contribution in [-0.4, -0.2) is 19.1 Å². The number of unbranched alkanes of at least 4 members (excludes halogenated alkanes) is 5. The summed E-state index contributed by atoms with van der Waals surface area (Å²) in [6, 6.07) is 10.4. The third-order valence-electron chi connectivity index (χ3n) is 5.15. The Kier molecular flexibility index (Phi) is 11.5. The minimum Gasteiger partial charge on any atom is -0.466 e. The van der Waals surface area contributed by atoms with Crippen molar-refractivity contribution in [3.05, 3.63) is 51.7 Å². The van der Waals surface area contributed by atoms with Crippen LogP contribution >= 0.6 is 11.3 Å². The molecular weight excluding hydrogens is 378 g/mol. The summed E-state index contributed by atoms with van der Waals surface area (Å²) < 4.78 is 4.99. The highest BCUT2D eigenvalue weighted by Gasteiger charge is 2.05. The number of aryl methyl sites for hydroxylation is 2. The maximum Gasteiger partial charge on any atom is 0.310 e. The van der Waals surface area contributed by atoms with Crippen molar-refractivity contribution in [3.8, 4) is 0 Å². The van der Waals surface area contributed by atoms with Gasteiger partial charge in [-0.3, -0.25) is 4.79 Å². The van der Waals surface area contributed by atoms with Gasteiger partial charge in [-0.1, -0.05) is 51.2 Å². The standard InChI is InChI=1S/C25H37NO2S/c1-3-5-6-7-8-9-11-22-17-19-29-24(22)12-10-18-26-23-15-13-21(14-16-23)20-25(27)28-4-2/h13-17,19,26H,3-12,18,20H2,1-2H3. The Bertz CT molecular complexity index is 693. The molecule has 4 heteroatoms. The normalized spacial score (nSPS) is 10.8. The van der Waals surface area contributed by atoms with Gasteiger partial charge in [0, 0.05) is 17.1 Å². The van der Waals surface area contributed by atoms with Crippen LogP contribution in [-0.2, 0) is 28.8 Å². The number of carbonyl (C=O) groups is 1. The second-order valence-corrected chi connectivity index (χ2v) is 8.60. The van der Waals surface area contributed by atoms with Gasteiger partial charge in [-0.25, -0.2) is 0 Å². The molecule has 29 heavy (non-hydrogen) atoms. The maximum atomic E-state index is 11.5. The van der Waals surface area contributed by atoms with Crippen molar-refractivity contribution >= 4 is 23.0 Å². The third-order valence-corrected chi connectivity index (χ3v) is 6.18. The predicted octanol–water partition coefficient (Wildman–Crippen LogP) is 6.80. The maximum absolute atomic E-state index is 11.5. The second-order valence-electron chi connectivity index (χ2n) is 7.60. The molecule has 1 aromatic carbocycles. The average molecular weight is 416 g/mol. The van der Waals surface area contributed by atoms with Gasteiger partial charge in [-0.2, -0.15) is 0 Å². The lowest BCUT2D eigenvalue weighted by molar-refractivity contribution is -0.142. The van der Waals surface area contributed by atoms with Crippen molar-refractivity contribution in [3.63, 3.8) is 0 Å². The summed E-state index contributed by atoms with van der Waals surface area (Å²) in [6.45, 7) is 5.50. The molecular formula is C25H37NO2S. The van der Waals surface area contributed by atoms with Crippen LogP contribution in [0.15, 0.2) is 35.7 Å². The molecule has 0 aliphatic heterocycles. The molecule has 1 aromatic heterocycles. The highest BCUT2D eigenvalue weighted by molar-refractivity contribution is 7.10. The van der Waals surface area contributed by atoms with Crippen LogP contribution in [0.1, 0.15) is 74.8 Å². The molecule has 0 radical (unpaired) electrons. The fourth-order valence-electron chi connectivity index (χ4n) is 3.51. The number of anilines is 1. The summed E-state index contributed by atoms with van der Waals surface area (Å²) in [5.41, 5.74) is 3.66. The number of hydrogen-bond acceptors (Lipinski definition) is 4. The van der Waals surface area contributed by atoms with Crippen LogP contribution in [0.3, 0.4) is 0 Å². The van der Waals surface area contributed by atoms with E-state index in [1.54, 1.807) is 10.4 Å². The zero-order valence-corrected chi connectivity index (χ0v) is 19.0. The SMILES string of the molecule is CCCCCCCCc1ccsc1CCCNc1ccc(CC(=O)OCC)cc1. The van der Waals surface area contributed by atoms with Gasteiger partial charge in [0.2, 0.25) is 0 Å². The molecule has 3 nitrogen and oxygen atoms in total. The predicted molar refractivity (Wildman–Crippen MR) is 125 cm³/mol. The number of carbonyl (C=O) groups excluding carboxylic acids is 1. The van der Waals surface area contributed by atoms with Crippen LogP contribution in [0, 0.1) is 0 Å². The van der Waals surface area contributed by atoms with Crippen LogP contribution in [0.4, 0.5) is 5.69 Å². The molecule has 160 valence electrons. The fourth-order valence-corrected chi connectivity index (χ4v) is 4.49. The van der Waals surface area contributed by atoms with Crippen molar-refractivity contribution < 1.29 is 9.53 Å². The van der Waals surface area contributed by atoms with Crippen molar-refractivity contribution in [1.82, 2.24) is 0 Å². The van der Waals surface area contributed by atoms with Crippen molar-refractivity contribution in [2.45, 2.75) is 78.1 Å². The highest BCUT2D eigenvalue weighted by atomic mass is 32.1. The first-order chi connectivity index (χ1) is 14.2. The van der Waals surface area contributed by atoms with Crippen molar-refractivity contribution in [2.75, 3.05) is 18.5 Å². The van der Waals surface area contributed by atoms with E-state index in [1.165, 1.54) is 44.9 Å². The molecule has 2 rings (SSSR count). The molecule has 1 heterocycles. The fraction of sp³-hybridized carbons (Fsp3) is 0.560. The first-order valence-electron chi connectivity index (χ1n) is 11.3. The largest absolute Gasteiger partial charge is 0.466 e. The molecule has 0 aliphatic rings. The molecule has 0 aliphatic carbocycles. The molecule has 0 fully saturated rings. The lowest BCUT2D eigenvalue weighted by Gasteiger charge is -2.08. The van der Waals surface area contributed by atoms with Gasteiger partial charge in [0.25, 0.3) is 0 Å². The van der Waals surface area contributed by atoms with Gasteiger partial charge in [0.05, 0.1) is 13.0 Å². The van der Waals surface area contributed by atoms with E-state index in [9.17, 15) is 4.79 Å². The summed E-state index contributed by atoms with van der Waals surface area (Å²) in [5.74, 6) is -0.166. The number of nitrogens with one attached hydrogen (secondary N) is 1. The quantitative estimate of drug-likeness (QED) is 0.257. The average Bonchev–Trinajstić information content (AvgIpc) is 3.16. The van der Waals surface area contributed by atoms with Crippen molar-refractivity contribution in [2.24, 2.45) is 0 Å². The Balaban J connectivity index is 1.64. The molecule has 0 bridgehead atoms. The number of benzene rings is 1. The Labute approximate surface area is 180 Å². The Morgan fingerprint density at radius 1 is 0.931 bits per heavy atom. The van der Waals surface area contributed by atoms with E-state index >= 15 is 0 Å². The van der Waals surface area contributed by atoms with E-state index < -0.39 is 0 Å². The Hall–Kier alpha value is -1.81. The van der Waals surface area contributed by atoms with Gasteiger partial charge in [0.1, 0.15) is 0 Å². The Morgan fingerprint density at radius 3 is 2.45 bits per heavy atom. The molecule has 0 spiro atoms. The van der Waals surface area contributed by atoms with Crippen LogP contribution < -0.4 is 5.32 Å². The van der Waals surface area contributed by atoms with Gasteiger partial charge in [-0.05, 0) is 67.3 Å². The monoisotopic (exact) mass is 415 g/mol. The van der Waals surface area contributed by atoms with Crippen LogP contribution in [0.25, 0.3) is 0 Å². The number of rotatable bonds is 15. The molecule has 2 aromatic rings. The number of hydrogen-bond donors (Lipinski definition) is 1. The summed E-state index contributed by atoms with van der Waals surface area (Å²) in [5, 5.41) is 5.74. The molecule has 0 amide bonds. The summed E-state index contributed by atoms with van der Waals surface area (Å²) >= 11 is 1.91. The van der Waals surface area contributed by atoms with E-state index in [1.807, 2.05) is 42.5 Å².